The van der Waals surface area contributed by atoms with Crippen molar-refractivity contribution in [3.8, 4) is 0 Å². The van der Waals surface area contributed by atoms with E-state index in [0.29, 0.717) is 25.9 Å². The van der Waals surface area contributed by atoms with Gasteiger partial charge >= 0.3 is 11.9 Å². The summed E-state index contributed by atoms with van der Waals surface area (Å²) >= 11 is 0. The normalized spacial score (nSPS) is 26.1. The van der Waals surface area contributed by atoms with E-state index in [2.05, 4.69) is 6.58 Å². The van der Waals surface area contributed by atoms with Gasteiger partial charge in [-0.1, -0.05) is 12.2 Å². The highest BCUT2D eigenvalue weighted by Gasteiger charge is 2.37. The van der Waals surface area contributed by atoms with E-state index >= 15 is 0 Å². The maximum Gasteiger partial charge on any atom is 0.309 e. The SMILES string of the molecule is C=C1CCC(C(=O)OCC)[C@@H](C(=O)O)C1. The molecular weight excluding hydrogens is 196 g/mol. The average molecular weight is 212 g/mol. The minimum absolute atomic E-state index is 0.294. The molecule has 0 radical (unpaired) electrons. The molecule has 1 aliphatic rings. The first kappa shape index (κ1) is 11.8. The lowest BCUT2D eigenvalue weighted by molar-refractivity contribution is -0.158. The van der Waals surface area contributed by atoms with Crippen LogP contribution in [0.25, 0.3) is 0 Å². The molecule has 84 valence electrons. The molecule has 0 amide bonds. The van der Waals surface area contributed by atoms with Gasteiger partial charge in [-0.25, -0.2) is 0 Å². The molecule has 0 heterocycles. The van der Waals surface area contributed by atoms with Crippen molar-refractivity contribution in [2.24, 2.45) is 11.8 Å². The van der Waals surface area contributed by atoms with Crippen LogP contribution >= 0.6 is 0 Å². The lowest BCUT2D eigenvalue weighted by atomic mass is 9.77. The van der Waals surface area contributed by atoms with Gasteiger partial charge in [0.2, 0.25) is 0 Å². The molecule has 2 atom stereocenters. The molecule has 1 unspecified atom stereocenters. The quantitative estimate of drug-likeness (QED) is 0.570. The third-order valence-electron chi connectivity index (χ3n) is 2.71. The highest BCUT2D eigenvalue weighted by molar-refractivity contribution is 5.81. The molecule has 1 saturated carbocycles. The Morgan fingerprint density at radius 2 is 2.20 bits per heavy atom. The standard InChI is InChI=1S/C11H16O4/c1-3-15-11(14)8-5-4-7(2)6-9(8)10(12)13/h8-9H,2-6H2,1H3,(H,12,13)/t8?,9-/m0/s1. The van der Waals surface area contributed by atoms with Crippen LogP contribution in [0.5, 0.6) is 0 Å². The third-order valence-corrected chi connectivity index (χ3v) is 2.71. The number of rotatable bonds is 3. The molecule has 0 aromatic carbocycles. The van der Waals surface area contributed by atoms with Gasteiger partial charge < -0.3 is 9.84 Å². The van der Waals surface area contributed by atoms with Crippen molar-refractivity contribution in [1.29, 1.82) is 0 Å². The van der Waals surface area contributed by atoms with Gasteiger partial charge in [-0.3, -0.25) is 9.59 Å². The Labute approximate surface area is 88.9 Å². The van der Waals surface area contributed by atoms with E-state index in [-0.39, 0.29) is 0 Å². The molecule has 4 nitrogen and oxygen atoms in total. The summed E-state index contributed by atoms with van der Waals surface area (Å²) in [7, 11) is 0. The second-order valence-electron chi connectivity index (χ2n) is 3.80. The number of carboxylic acid groups (broad SMARTS) is 1. The zero-order valence-corrected chi connectivity index (χ0v) is 8.86. The first-order valence-electron chi connectivity index (χ1n) is 5.12. The summed E-state index contributed by atoms with van der Waals surface area (Å²) in [5.74, 6) is -2.50. The van der Waals surface area contributed by atoms with Crippen molar-refractivity contribution in [3.63, 3.8) is 0 Å². The van der Waals surface area contributed by atoms with Crippen molar-refractivity contribution in [3.05, 3.63) is 12.2 Å². The van der Waals surface area contributed by atoms with Gasteiger partial charge in [0, 0.05) is 0 Å². The predicted molar refractivity (Wildman–Crippen MR) is 54.2 cm³/mol. The number of hydrogen-bond acceptors (Lipinski definition) is 3. The predicted octanol–water partition coefficient (Wildman–Crippen LogP) is 1.61. The Morgan fingerprint density at radius 3 is 2.73 bits per heavy atom. The van der Waals surface area contributed by atoms with Crippen molar-refractivity contribution < 1.29 is 19.4 Å². The fourth-order valence-electron chi connectivity index (χ4n) is 1.91. The highest BCUT2D eigenvalue weighted by atomic mass is 16.5. The molecule has 0 saturated heterocycles. The zero-order valence-electron chi connectivity index (χ0n) is 8.86. The minimum atomic E-state index is -0.936. The second kappa shape index (κ2) is 4.96. The van der Waals surface area contributed by atoms with Gasteiger partial charge in [0.1, 0.15) is 0 Å². The van der Waals surface area contributed by atoms with Crippen LogP contribution in [-0.4, -0.2) is 23.7 Å². The van der Waals surface area contributed by atoms with Crippen molar-refractivity contribution in [2.45, 2.75) is 26.2 Å². The Kier molecular flexibility index (Phi) is 3.88. The monoisotopic (exact) mass is 212 g/mol. The number of carboxylic acids is 1. The fourth-order valence-corrected chi connectivity index (χ4v) is 1.91. The van der Waals surface area contributed by atoms with Crippen LogP contribution in [0.15, 0.2) is 12.2 Å². The molecule has 0 aliphatic heterocycles. The number of aliphatic carboxylic acids is 1. The van der Waals surface area contributed by atoms with Crippen LogP contribution in [0.4, 0.5) is 0 Å². The number of carbonyl (C=O) groups is 2. The zero-order chi connectivity index (χ0) is 11.4. The van der Waals surface area contributed by atoms with Crippen molar-refractivity contribution in [1.82, 2.24) is 0 Å². The van der Waals surface area contributed by atoms with E-state index in [1.54, 1.807) is 6.92 Å². The van der Waals surface area contributed by atoms with E-state index in [9.17, 15) is 9.59 Å². The van der Waals surface area contributed by atoms with Crippen LogP contribution in [-0.2, 0) is 14.3 Å². The summed E-state index contributed by atoms with van der Waals surface area (Å²) in [4.78, 5) is 22.5. The number of ether oxygens (including phenoxy) is 1. The van der Waals surface area contributed by atoms with Gasteiger partial charge in [0.25, 0.3) is 0 Å². The second-order valence-corrected chi connectivity index (χ2v) is 3.80. The molecule has 15 heavy (non-hydrogen) atoms. The van der Waals surface area contributed by atoms with E-state index in [1.807, 2.05) is 0 Å². The molecular formula is C11H16O4. The average Bonchev–Trinajstić information content (AvgIpc) is 2.17. The van der Waals surface area contributed by atoms with E-state index in [4.69, 9.17) is 9.84 Å². The lowest BCUT2D eigenvalue weighted by Crippen LogP contribution is -2.34. The van der Waals surface area contributed by atoms with Crippen molar-refractivity contribution >= 4 is 11.9 Å². The van der Waals surface area contributed by atoms with Crippen LogP contribution in [0.2, 0.25) is 0 Å². The first-order valence-corrected chi connectivity index (χ1v) is 5.12. The largest absolute Gasteiger partial charge is 0.481 e. The lowest BCUT2D eigenvalue weighted by Gasteiger charge is -2.27. The fraction of sp³-hybridized carbons (Fsp3) is 0.636. The van der Waals surface area contributed by atoms with E-state index in [1.165, 1.54) is 0 Å². The molecule has 0 spiro atoms. The van der Waals surface area contributed by atoms with Gasteiger partial charge in [0.05, 0.1) is 18.4 Å². The summed E-state index contributed by atoms with van der Waals surface area (Å²) in [6.45, 7) is 5.78. The van der Waals surface area contributed by atoms with Crippen LogP contribution < -0.4 is 0 Å². The Morgan fingerprint density at radius 1 is 1.53 bits per heavy atom. The molecule has 1 aliphatic carbocycles. The third kappa shape index (κ3) is 2.81. The summed E-state index contributed by atoms with van der Waals surface area (Å²) in [6, 6.07) is 0. The number of esters is 1. The van der Waals surface area contributed by atoms with Crippen molar-refractivity contribution in [2.75, 3.05) is 6.61 Å². The molecule has 1 fully saturated rings. The molecule has 0 aromatic rings. The molecule has 1 rings (SSSR count). The van der Waals surface area contributed by atoms with Crippen LogP contribution in [0, 0.1) is 11.8 Å². The number of allylic oxidation sites excluding steroid dienone is 1. The maximum atomic E-state index is 11.5. The number of carbonyl (C=O) groups excluding carboxylic acids is 1. The molecule has 0 bridgehead atoms. The van der Waals surface area contributed by atoms with E-state index < -0.39 is 23.8 Å². The highest BCUT2D eigenvalue weighted by Crippen LogP contribution is 2.33. The minimum Gasteiger partial charge on any atom is -0.481 e. The molecule has 1 N–H and O–H groups in total. The maximum absolute atomic E-state index is 11.5. The topological polar surface area (TPSA) is 63.6 Å². The van der Waals surface area contributed by atoms with E-state index in [0.717, 1.165) is 5.57 Å². The smallest absolute Gasteiger partial charge is 0.309 e. The number of hydrogen-bond donors (Lipinski definition) is 1. The van der Waals surface area contributed by atoms with Gasteiger partial charge in [-0.2, -0.15) is 0 Å². The molecule has 0 aromatic heterocycles. The summed E-state index contributed by atoms with van der Waals surface area (Å²) in [6.07, 6.45) is 1.64. The summed E-state index contributed by atoms with van der Waals surface area (Å²) < 4.78 is 4.87. The first-order chi connectivity index (χ1) is 7.06. The Bertz CT molecular complexity index is 282. The summed E-state index contributed by atoms with van der Waals surface area (Å²) in [5.41, 5.74) is 0.906. The van der Waals surface area contributed by atoms with Crippen LogP contribution in [0.1, 0.15) is 26.2 Å². The van der Waals surface area contributed by atoms with Gasteiger partial charge in [-0.05, 0) is 26.2 Å². The van der Waals surface area contributed by atoms with Crippen LogP contribution in [0.3, 0.4) is 0 Å². The summed E-state index contributed by atoms with van der Waals surface area (Å²) in [5, 5.41) is 8.99. The van der Waals surface area contributed by atoms with Gasteiger partial charge in [-0.15, -0.1) is 0 Å². The Balaban J connectivity index is 2.72. The molecule has 4 heteroatoms. The van der Waals surface area contributed by atoms with Gasteiger partial charge in [0.15, 0.2) is 0 Å². The Hall–Kier alpha value is -1.32.